The molecule has 2 heterocycles. The van der Waals surface area contributed by atoms with Crippen LogP contribution in [0.1, 0.15) is 0 Å². The Balaban J connectivity index is 0.988. The summed E-state index contributed by atoms with van der Waals surface area (Å²) in [6.07, 6.45) is 3.80. The molecule has 10 aromatic rings. The molecule has 0 amide bonds. The monoisotopic (exact) mass is 714 g/mol. The van der Waals surface area contributed by atoms with E-state index in [1.807, 2.05) is 24.5 Å². The fourth-order valence-corrected chi connectivity index (χ4v) is 7.42. The molecule has 0 aliphatic carbocycles. The van der Waals surface area contributed by atoms with Gasteiger partial charge >= 0.3 is 0 Å². The van der Waals surface area contributed by atoms with Crippen LogP contribution >= 0.6 is 0 Å². The Morgan fingerprint density at radius 2 is 0.643 bits per heavy atom. The lowest BCUT2D eigenvalue weighted by Gasteiger charge is -2.11. The molecule has 10 rings (SSSR count). The van der Waals surface area contributed by atoms with E-state index in [0.717, 1.165) is 38.9 Å². The van der Waals surface area contributed by atoms with E-state index in [9.17, 15) is 0 Å². The molecule has 0 spiro atoms. The largest absolute Gasteiger partial charge is 0.264 e. The minimum Gasteiger partial charge on any atom is -0.264 e. The number of rotatable bonds is 7. The van der Waals surface area contributed by atoms with E-state index < -0.39 is 0 Å². The first-order chi connectivity index (χ1) is 27.7. The summed E-state index contributed by atoms with van der Waals surface area (Å²) in [4.78, 5) is 19.5. The van der Waals surface area contributed by atoms with Crippen LogP contribution in [0.4, 0.5) is 0 Å². The predicted octanol–water partition coefficient (Wildman–Crippen LogP) is 13.2. The van der Waals surface area contributed by atoms with Crippen molar-refractivity contribution < 1.29 is 0 Å². The summed E-state index contributed by atoms with van der Waals surface area (Å²) in [6.45, 7) is 0. The van der Waals surface area contributed by atoms with Gasteiger partial charge in [0.05, 0.1) is 0 Å². The molecule has 56 heavy (non-hydrogen) atoms. The molecular weight excluding hydrogens is 681 g/mol. The second-order valence-electron chi connectivity index (χ2n) is 13.9. The average Bonchev–Trinajstić information content (AvgIpc) is 3.29. The number of fused-ring (bicyclic) bond motifs is 3. The van der Waals surface area contributed by atoms with Gasteiger partial charge in [-0.2, -0.15) is 0 Å². The molecule has 0 saturated heterocycles. The summed E-state index contributed by atoms with van der Waals surface area (Å²) in [5.41, 5.74) is 12.0. The van der Waals surface area contributed by atoms with Crippen molar-refractivity contribution in [2.45, 2.75) is 0 Å². The number of pyridine rings is 1. The Hall–Kier alpha value is -7.56. The topological polar surface area (TPSA) is 51.6 Å². The van der Waals surface area contributed by atoms with Gasteiger partial charge in [-0.1, -0.05) is 176 Å². The van der Waals surface area contributed by atoms with Gasteiger partial charge in [0.25, 0.3) is 0 Å². The lowest BCUT2D eigenvalue weighted by molar-refractivity contribution is 1.07. The molecule has 0 N–H and O–H groups in total. The van der Waals surface area contributed by atoms with Crippen molar-refractivity contribution in [2.24, 2.45) is 0 Å². The second-order valence-corrected chi connectivity index (χ2v) is 13.9. The van der Waals surface area contributed by atoms with Gasteiger partial charge in [-0.05, 0) is 78.9 Å². The summed E-state index contributed by atoms with van der Waals surface area (Å²) in [6, 6.07) is 68.0. The first-order valence-electron chi connectivity index (χ1n) is 18.8. The number of nitrogens with zero attached hydrogens (tertiary/aromatic N) is 4. The normalized spacial score (nSPS) is 11.2. The van der Waals surface area contributed by atoms with E-state index in [2.05, 4.69) is 187 Å². The van der Waals surface area contributed by atoms with Crippen molar-refractivity contribution in [2.75, 3.05) is 0 Å². The minimum atomic E-state index is 0.628. The van der Waals surface area contributed by atoms with E-state index in [4.69, 9.17) is 15.0 Å². The standard InChI is InChI=1S/C52H34N4/c1-3-8-35(9-4-1)37-14-21-41(22-15-37)50-54-51(42-23-16-38(17-24-42)36-10-5-2-6-11-36)56-52(55-50)43-25-18-39(19-26-43)44-12-7-13-45(32-44)46-28-29-48-47(33-46)27-20-40-30-31-53-34-49(40)48/h1-34H. The quantitative estimate of drug-likeness (QED) is 0.154. The molecule has 0 atom stereocenters. The fourth-order valence-electron chi connectivity index (χ4n) is 7.42. The second kappa shape index (κ2) is 14.3. The summed E-state index contributed by atoms with van der Waals surface area (Å²) < 4.78 is 0. The zero-order valence-electron chi connectivity index (χ0n) is 30.4. The molecule has 8 aromatic carbocycles. The Morgan fingerprint density at radius 1 is 0.250 bits per heavy atom. The maximum Gasteiger partial charge on any atom is 0.164 e. The zero-order chi connectivity index (χ0) is 37.3. The van der Waals surface area contributed by atoms with Gasteiger partial charge in [0.1, 0.15) is 0 Å². The third kappa shape index (κ3) is 6.50. The summed E-state index contributed by atoms with van der Waals surface area (Å²) in [5, 5.41) is 4.78. The maximum absolute atomic E-state index is 5.04. The molecule has 262 valence electrons. The highest BCUT2D eigenvalue weighted by Gasteiger charge is 2.14. The molecule has 4 heteroatoms. The van der Waals surface area contributed by atoms with Gasteiger partial charge in [-0.15, -0.1) is 0 Å². The van der Waals surface area contributed by atoms with Gasteiger partial charge in [0.2, 0.25) is 0 Å². The van der Waals surface area contributed by atoms with Crippen molar-refractivity contribution in [3.8, 4) is 78.7 Å². The van der Waals surface area contributed by atoms with Gasteiger partial charge < -0.3 is 0 Å². The van der Waals surface area contributed by atoms with Crippen LogP contribution in [0.25, 0.3) is 100 Å². The molecule has 4 nitrogen and oxygen atoms in total. The molecule has 2 aromatic heterocycles. The van der Waals surface area contributed by atoms with E-state index in [-0.39, 0.29) is 0 Å². The first kappa shape index (κ1) is 33.0. The van der Waals surface area contributed by atoms with Crippen molar-refractivity contribution in [3.05, 3.63) is 207 Å². The Morgan fingerprint density at radius 3 is 1.18 bits per heavy atom. The van der Waals surface area contributed by atoms with Crippen LogP contribution in [-0.2, 0) is 0 Å². The predicted molar refractivity (Wildman–Crippen MR) is 231 cm³/mol. The third-order valence-electron chi connectivity index (χ3n) is 10.4. The molecule has 0 fully saturated rings. The summed E-state index contributed by atoms with van der Waals surface area (Å²) in [5.74, 6) is 1.89. The minimum absolute atomic E-state index is 0.628. The van der Waals surface area contributed by atoms with Gasteiger partial charge in [-0.25, -0.2) is 15.0 Å². The lowest BCUT2D eigenvalue weighted by Crippen LogP contribution is -2.00. The highest BCUT2D eigenvalue weighted by atomic mass is 15.0. The van der Waals surface area contributed by atoms with Crippen LogP contribution in [0, 0.1) is 0 Å². The van der Waals surface area contributed by atoms with E-state index in [1.54, 1.807) is 0 Å². The van der Waals surface area contributed by atoms with Gasteiger partial charge in [0, 0.05) is 34.5 Å². The van der Waals surface area contributed by atoms with E-state index in [1.165, 1.54) is 43.8 Å². The van der Waals surface area contributed by atoms with E-state index in [0.29, 0.717) is 17.5 Å². The Kier molecular flexibility index (Phi) is 8.47. The van der Waals surface area contributed by atoms with Crippen LogP contribution in [0.2, 0.25) is 0 Å². The van der Waals surface area contributed by atoms with Crippen LogP contribution in [0.5, 0.6) is 0 Å². The van der Waals surface area contributed by atoms with Crippen molar-refractivity contribution >= 4 is 21.5 Å². The number of hydrogen-bond acceptors (Lipinski definition) is 4. The number of hydrogen-bond donors (Lipinski definition) is 0. The summed E-state index contributed by atoms with van der Waals surface area (Å²) in [7, 11) is 0. The third-order valence-corrected chi connectivity index (χ3v) is 10.4. The number of aromatic nitrogens is 4. The SMILES string of the molecule is c1ccc(-c2ccc(-c3nc(-c4ccc(-c5ccccc5)cc4)nc(-c4ccc(-c5cccc(-c6ccc7c(ccc8ccncc87)c6)c5)cc4)n3)cc2)cc1. The molecule has 0 aliphatic heterocycles. The average molecular weight is 715 g/mol. The highest BCUT2D eigenvalue weighted by molar-refractivity contribution is 6.08. The first-order valence-corrected chi connectivity index (χ1v) is 18.8. The Labute approximate surface area is 325 Å². The van der Waals surface area contributed by atoms with Crippen molar-refractivity contribution in [1.82, 2.24) is 19.9 Å². The van der Waals surface area contributed by atoms with Crippen molar-refractivity contribution in [3.63, 3.8) is 0 Å². The summed E-state index contributed by atoms with van der Waals surface area (Å²) >= 11 is 0. The molecule has 0 saturated carbocycles. The van der Waals surface area contributed by atoms with Gasteiger partial charge in [-0.3, -0.25) is 4.98 Å². The molecule has 0 aliphatic rings. The van der Waals surface area contributed by atoms with Crippen LogP contribution in [0.3, 0.4) is 0 Å². The molecule has 0 bridgehead atoms. The molecular formula is C52H34N4. The molecule has 0 radical (unpaired) electrons. The number of benzene rings is 8. The zero-order valence-corrected chi connectivity index (χ0v) is 30.4. The van der Waals surface area contributed by atoms with Crippen LogP contribution < -0.4 is 0 Å². The van der Waals surface area contributed by atoms with Gasteiger partial charge in [0.15, 0.2) is 17.5 Å². The van der Waals surface area contributed by atoms with Crippen LogP contribution in [0.15, 0.2) is 207 Å². The van der Waals surface area contributed by atoms with Crippen molar-refractivity contribution in [1.29, 1.82) is 0 Å². The smallest absolute Gasteiger partial charge is 0.164 e. The highest BCUT2D eigenvalue weighted by Crippen LogP contribution is 2.33. The fraction of sp³-hybridized carbons (Fsp3) is 0. The molecule has 0 unspecified atom stereocenters. The van der Waals surface area contributed by atoms with E-state index >= 15 is 0 Å². The van der Waals surface area contributed by atoms with Crippen LogP contribution in [-0.4, -0.2) is 19.9 Å². The maximum atomic E-state index is 5.04. The Bertz CT molecular complexity index is 2880. The lowest BCUT2D eigenvalue weighted by atomic mass is 9.95.